The van der Waals surface area contributed by atoms with Gasteiger partial charge in [-0.05, 0) is 6.07 Å². The van der Waals surface area contributed by atoms with Gasteiger partial charge in [-0.3, -0.25) is 4.40 Å². The lowest BCUT2D eigenvalue weighted by atomic mass is 10.3. The minimum absolute atomic E-state index is 0.0249. The molecular weight excluding hydrogens is 224 g/mol. The van der Waals surface area contributed by atoms with E-state index in [1.54, 1.807) is 22.9 Å². The number of H-pyrrole nitrogens is 1. The standard InChI is InChI=1S/C9H6N6O2/c16-8(17)6-5(11-4-12-6)7-13-14-9-10-2-1-3-15(7)9/h1-4H,(H,11,12)(H,16,17). The molecule has 0 amide bonds. The molecule has 3 aromatic heterocycles. The monoisotopic (exact) mass is 230 g/mol. The van der Waals surface area contributed by atoms with Gasteiger partial charge in [0, 0.05) is 12.4 Å². The molecule has 0 saturated carbocycles. The molecule has 0 atom stereocenters. The molecule has 3 heterocycles. The molecule has 8 heteroatoms. The Balaban J connectivity index is 2.28. The van der Waals surface area contributed by atoms with Crippen LogP contribution in [-0.2, 0) is 0 Å². The van der Waals surface area contributed by atoms with E-state index in [0.717, 1.165) is 0 Å². The number of aromatic nitrogens is 6. The van der Waals surface area contributed by atoms with Crippen LogP contribution in [-0.4, -0.2) is 40.6 Å². The second-order valence-electron chi connectivity index (χ2n) is 3.24. The number of nitrogens with zero attached hydrogens (tertiary/aromatic N) is 5. The number of carboxylic acids is 1. The van der Waals surface area contributed by atoms with Crippen LogP contribution in [0.3, 0.4) is 0 Å². The quantitative estimate of drug-likeness (QED) is 0.651. The van der Waals surface area contributed by atoms with Gasteiger partial charge in [-0.15, -0.1) is 10.2 Å². The summed E-state index contributed by atoms with van der Waals surface area (Å²) in [6.07, 6.45) is 4.57. The molecule has 3 aromatic rings. The van der Waals surface area contributed by atoms with Gasteiger partial charge in [0.25, 0.3) is 5.78 Å². The van der Waals surface area contributed by atoms with Crippen molar-refractivity contribution >= 4 is 11.7 Å². The average Bonchev–Trinajstić information content (AvgIpc) is 2.94. The van der Waals surface area contributed by atoms with Crippen LogP contribution >= 0.6 is 0 Å². The summed E-state index contributed by atoms with van der Waals surface area (Å²) in [6.45, 7) is 0. The lowest BCUT2D eigenvalue weighted by Crippen LogP contribution is -2.01. The number of imidazole rings is 1. The molecular formula is C9H6N6O2. The number of aromatic amines is 1. The van der Waals surface area contributed by atoms with Crippen LogP contribution in [0.2, 0.25) is 0 Å². The van der Waals surface area contributed by atoms with E-state index in [9.17, 15) is 4.79 Å². The Labute approximate surface area is 94.0 Å². The average molecular weight is 230 g/mol. The fourth-order valence-electron chi connectivity index (χ4n) is 1.53. The summed E-state index contributed by atoms with van der Waals surface area (Å²) in [5.74, 6) is -0.369. The molecule has 8 nitrogen and oxygen atoms in total. The van der Waals surface area contributed by atoms with Gasteiger partial charge in [0.2, 0.25) is 0 Å². The first-order valence-electron chi connectivity index (χ1n) is 4.70. The van der Waals surface area contributed by atoms with E-state index in [2.05, 4.69) is 25.1 Å². The molecule has 3 rings (SSSR count). The number of carbonyl (C=O) groups is 1. The third-order valence-corrected chi connectivity index (χ3v) is 2.25. The Morgan fingerprint density at radius 2 is 2.24 bits per heavy atom. The molecule has 0 fully saturated rings. The minimum atomic E-state index is -1.10. The highest BCUT2D eigenvalue weighted by molar-refractivity contribution is 5.91. The molecule has 0 saturated heterocycles. The van der Waals surface area contributed by atoms with Gasteiger partial charge in [0.05, 0.1) is 6.33 Å². The molecule has 0 unspecified atom stereocenters. The Kier molecular flexibility index (Phi) is 1.87. The molecule has 0 aromatic carbocycles. The highest BCUT2D eigenvalue weighted by atomic mass is 16.4. The SMILES string of the molecule is O=C(O)c1[nH]cnc1-c1nnc2ncccn12. The van der Waals surface area contributed by atoms with Gasteiger partial charge in [-0.25, -0.2) is 14.8 Å². The normalized spacial score (nSPS) is 10.8. The fraction of sp³-hybridized carbons (Fsp3) is 0. The van der Waals surface area contributed by atoms with E-state index in [-0.39, 0.29) is 11.4 Å². The van der Waals surface area contributed by atoms with Gasteiger partial charge in [-0.1, -0.05) is 0 Å². The number of hydrogen-bond acceptors (Lipinski definition) is 5. The van der Waals surface area contributed by atoms with Crippen molar-refractivity contribution in [1.82, 2.24) is 29.5 Å². The number of aromatic carboxylic acids is 1. The molecule has 17 heavy (non-hydrogen) atoms. The predicted octanol–water partition coefficient (Wildman–Crippen LogP) is 0.213. The number of hydrogen-bond donors (Lipinski definition) is 2. The Morgan fingerprint density at radius 3 is 3.06 bits per heavy atom. The van der Waals surface area contributed by atoms with Crippen molar-refractivity contribution in [3.63, 3.8) is 0 Å². The highest BCUT2D eigenvalue weighted by Gasteiger charge is 2.19. The fourth-order valence-corrected chi connectivity index (χ4v) is 1.53. The maximum atomic E-state index is 11.0. The van der Waals surface area contributed by atoms with Crippen molar-refractivity contribution in [2.45, 2.75) is 0 Å². The maximum Gasteiger partial charge on any atom is 0.354 e. The minimum Gasteiger partial charge on any atom is -0.477 e. The summed E-state index contributed by atoms with van der Waals surface area (Å²) < 4.78 is 1.57. The molecule has 0 bridgehead atoms. The second-order valence-corrected chi connectivity index (χ2v) is 3.24. The van der Waals surface area contributed by atoms with Crippen LogP contribution < -0.4 is 0 Å². The summed E-state index contributed by atoms with van der Waals surface area (Å²) in [6, 6.07) is 1.70. The second kappa shape index (κ2) is 3.37. The molecule has 2 N–H and O–H groups in total. The molecule has 0 spiro atoms. The topological polar surface area (TPSA) is 109 Å². The first-order chi connectivity index (χ1) is 8.27. The smallest absolute Gasteiger partial charge is 0.354 e. The van der Waals surface area contributed by atoms with E-state index in [0.29, 0.717) is 11.6 Å². The van der Waals surface area contributed by atoms with Crippen LogP contribution in [0.5, 0.6) is 0 Å². The van der Waals surface area contributed by atoms with Gasteiger partial charge < -0.3 is 10.1 Å². The van der Waals surface area contributed by atoms with Crippen LogP contribution in [0.15, 0.2) is 24.8 Å². The van der Waals surface area contributed by atoms with Crippen molar-refractivity contribution in [1.29, 1.82) is 0 Å². The molecule has 0 radical (unpaired) electrons. The Bertz CT molecular complexity index is 700. The van der Waals surface area contributed by atoms with Crippen LogP contribution in [0.4, 0.5) is 0 Å². The summed E-state index contributed by atoms with van der Waals surface area (Å²) in [7, 11) is 0. The summed E-state index contributed by atoms with van der Waals surface area (Å²) in [5, 5.41) is 16.7. The molecule has 84 valence electrons. The third kappa shape index (κ3) is 1.34. The van der Waals surface area contributed by atoms with E-state index in [1.807, 2.05) is 0 Å². The summed E-state index contributed by atoms with van der Waals surface area (Å²) in [5.41, 5.74) is 0.209. The Morgan fingerprint density at radius 1 is 1.35 bits per heavy atom. The number of carboxylic acid groups (broad SMARTS) is 1. The zero-order valence-electron chi connectivity index (χ0n) is 8.40. The molecule has 0 aliphatic heterocycles. The third-order valence-electron chi connectivity index (χ3n) is 2.25. The number of rotatable bonds is 2. The van der Waals surface area contributed by atoms with Crippen molar-refractivity contribution in [2.75, 3.05) is 0 Å². The Hall–Kier alpha value is -2.77. The van der Waals surface area contributed by atoms with Crippen molar-refractivity contribution in [3.8, 4) is 11.5 Å². The van der Waals surface area contributed by atoms with Gasteiger partial charge in [0.1, 0.15) is 5.69 Å². The van der Waals surface area contributed by atoms with E-state index < -0.39 is 5.97 Å². The highest BCUT2D eigenvalue weighted by Crippen LogP contribution is 2.18. The van der Waals surface area contributed by atoms with Crippen LogP contribution in [0, 0.1) is 0 Å². The van der Waals surface area contributed by atoms with Crippen LogP contribution in [0.1, 0.15) is 10.5 Å². The van der Waals surface area contributed by atoms with Crippen molar-refractivity contribution in [2.24, 2.45) is 0 Å². The van der Waals surface area contributed by atoms with Crippen molar-refractivity contribution < 1.29 is 9.90 Å². The van der Waals surface area contributed by atoms with Gasteiger partial charge >= 0.3 is 5.97 Å². The largest absolute Gasteiger partial charge is 0.477 e. The van der Waals surface area contributed by atoms with Gasteiger partial charge in [0.15, 0.2) is 11.5 Å². The maximum absolute atomic E-state index is 11.0. The van der Waals surface area contributed by atoms with Gasteiger partial charge in [-0.2, -0.15) is 0 Å². The first kappa shape index (κ1) is 9.46. The van der Waals surface area contributed by atoms with E-state index >= 15 is 0 Å². The zero-order valence-corrected chi connectivity index (χ0v) is 8.40. The molecule has 0 aliphatic rings. The van der Waals surface area contributed by atoms with Crippen LogP contribution in [0.25, 0.3) is 17.3 Å². The first-order valence-corrected chi connectivity index (χ1v) is 4.70. The lowest BCUT2D eigenvalue weighted by Gasteiger charge is -1.96. The lowest BCUT2D eigenvalue weighted by molar-refractivity contribution is 0.0692. The van der Waals surface area contributed by atoms with Crippen molar-refractivity contribution in [3.05, 3.63) is 30.5 Å². The number of fused-ring (bicyclic) bond motifs is 1. The molecule has 0 aliphatic carbocycles. The van der Waals surface area contributed by atoms with E-state index in [4.69, 9.17) is 5.11 Å². The summed E-state index contributed by atoms with van der Waals surface area (Å²) in [4.78, 5) is 21.4. The zero-order chi connectivity index (χ0) is 11.8. The number of nitrogens with one attached hydrogen (secondary N) is 1. The van der Waals surface area contributed by atoms with E-state index in [1.165, 1.54) is 6.33 Å². The predicted molar refractivity (Wildman–Crippen MR) is 55.3 cm³/mol. The summed E-state index contributed by atoms with van der Waals surface area (Å²) >= 11 is 0.